The summed E-state index contributed by atoms with van der Waals surface area (Å²) in [6.07, 6.45) is 0. The number of hydrogen-bond donors (Lipinski definition) is 0. The average molecular weight is 334 g/mol. The first-order valence-corrected chi connectivity index (χ1v) is 8.41. The van der Waals surface area contributed by atoms with Crippen LogP contribution in [0.25, 0.3) is 5.76 Å². The smallest absolute Gasteiger partial charge is 0.285 e. The van der Waals surface area contributed by atoms with Gasteiger partial charge in [-0.3, -0.25) is 4.79 Å². The third-order valence-electron chi connectivity index (χ3n) is 3.76. The number of rotatable bonds is 2. The lowest BCUT2D eigenvalue weighted by molar-refractivity contribution is -0.114. The van der Waals surface area contributed by atoms with Crippen molar-refractivity contribution in [2.24, 2.45) is 5.10 Å². The number of anilines is 1. The van der Waals surface area contributed by atoms with Crippen LogP contribution < -0.4 is 5.01 Å². The van der Waals surface area contributed by atoms with E-state index in [1.807, 2.05) is 73.0 Å². The van der Waals surface area contributed by atoms with Crippen molar-refractivity contribution in [2.75, 3.05) is 5.01 Å². The zero-order chi connectivity index (χ0) is 16.5. The summed E-state index contributed by atoms with van der Waals surface area (Å²) >= 11 is 1.41. The molecular formula is C19H14N2O2S. The maximum atomic E-state index is 12.8. The minimum atomic E-state index is -0.163. The number of amides is 1. The maximum Gasteiger partial charge on any atom is 0.285 e. The molecule has 0 radical (unpaired) electrons. The number of carbonyl (C=O) groups excluding carboxylic acids is 1. The van der Waals surface area contributed by atoms with Gasteiger partial charge in [0.2, 0.25) is 0 Å². The molecule has 0 atom stereocenters. The predicted molar refractivity (Wildman–Crippen MR) is 97.2 cm³/mol. The lowest BCUT2D eigenvalue weighted by atomic mass is 10.2. The fourth-order valence-electron chi connectivity index (χ4n) is 2.58. The normalized spacial score (nSPS) is 20.0. The lowest BCUT2D eigenvalue weighted by Gasteiger charge is -2.11. The number of para-hydroxylation sites is 1. The Labute approximate surface area is 144 Å². The fourth-order valence-corrected chi connectivity index (χ4v) is 3.47. The van der Waals surface area contributed by atoms with Crippen molar-refractivity contribution in [3.05, 3.63) is 82.3 Å². The summed E-state index contributed by atoms with van der Waals surface area (Å²) in [6.45, 7) is 1.83. The number of ether oxygens (including phenoxy) is 1. The van der Waals surface area contributed by atoms with Gasteiger partial charge in [-0.1, -0.05) is 60.3 Å². The highest BCUT2D eigenvalue weighted by Crippen LogP contribution is 2.40. The van der Waals surface area contributed by atoms with Crippen molar-refractivity contribution < 1.29 is 9.53 Å². The van der Waals surface area contributed by atoms with E-state index in [1.54, 1.807) is 0 Å². The van der Waals surface area contributed by atoms with Crippen LogP contribution in [0.4, 0.5) is 5.69 Å². The molecule has 4 rings (SSSR count). The minimum absolute atomic E-state index is 0.163. The van der Waals surface area contributed by atoms with Gasteiger partial charge >= 0.3 is 0 Å². The fraction of sp³-hybridized carbons (Fsp3) is 0.0526. The van der Waals surface area contributed by atoms with Crippen molar-refractivity contribution in [1.29, 1.82) is 0 Å². The Morgan fingerprint density at radius 2 is 1.67 bits per heavy atom. The van der Waals surface area contributed by atoms with Crippen LogP contribution in [-0.4, -0.2) is 11.6 Å². The van der Waals surface area contributed by atoms with Crippen LogP contribution in [-0.2, 0) is 9.53 Å². The number of nitrogens with zero attached hydrogens (tertiary/aromatic N) is 2. The summed E-state index contributed by atoms with van der Waals surface area (Å²) in [4.78, 5) is 12.8. The molecule has 2 aliphatic rings. The topological polar surface area (TPSA) is 41.9 Å². The molecule has 0 saturated heterocycles. The molecule has 1 amide bonds. The number of hydrogen-bond acceptors (Lipinski definition) is 4. The van der Waals surface area contributed by atoms with Gasteiger partial charge < -0.3 is 4.74 Å². The second-order valence-electron chi connectivity index (χ2n) is 5.37. The Balaban J connectivity index is 1.63. The quantitative estimate of drug-likeness (QED) is 0.765. The molecule has 2 aromatic rings. The molecule has 2 heterocycles. The van der Waals surface area contributed by atoms with Gasteiger partial charge in [-0.2, -0.15) is 10.1 Å². The highest BCUT2D eigenvalue weighted by atomic mass is 32.2. The Morgan fingerprint density at radius 1 is 1.00 bits per heavy atom. The van der Waals surface area contributed by atoms with Crippen molar-refractivity contribution >= 4 is 34.8 Å². The first-order valence-electron chi connectivity index (χ1n) is 7.53. The third kappa shape index (κ3) is 2.53. The zero-order valence-electron chi connectivity index (χ0n) is 13.0. The molecule has 0 aromatic heterocycles. The molecule has 0 bridgehead atoms. The number of carbonyl (C=O) groups is 1. The second kappa shape index (κ2) is 6.02. The van der Waals surface area contributed by atoms with E-state index in [2.05, 4.69) is 5.10 Å². The average Bonchev–Trinajstić information content (AvgIpc) is 3.21. The van der Waals surface area contributed by atoms with Crippen LogP contribution in [0.15, 0.2) is 81.8 Å². The Morgan fingerprint density at radius 3 is 2.38 bits per heavy atom. The van der Waals surface area contributed by atoms with Crippen LogP contribution in [0.2, 0.25) is 0 Å². The van der Waals surface area contributed by atoms with Gasteiger partial charge in [-0.15, -0.1) is 0 Å². The van der Waals surface area contributed by atoms with Crippen LogP contribution >= 0.6 is 11.8 Å². The van der Waals surface area contributed by atoms with Gasteiger partial charge in [0, 0.05) is 11.0 Å². The molecule has 0 spiro atoms. The number of hydrazone groups is 1. The highest BCUT2D eigenvalue weighted by Gasteiger charge is 2.34. The molecule has 4 nitrogen and oxygen atoms in total. The first kappa shape index (κ1) is 14.8. The summed E-state index contributed by atoms with van der Waals surface area (Å²) < 4.78 is 5.93. The summed E-state index contributed by atoms with van der Waals surface area (Å²) in [7, 11) is 0. The summed E-state index contributed by atoms with van der Waals surface area (Å²) in [5.41, 5.74) is 2.91. The second-order valence-corrected chi connectivity index (χ2v) is 6.21. The number of thioether (sulfide) groups is 1. The van der Waals surface area contributed by atoms with E-state index in [9.17, 15) is 4.79 Å². The van der Waals surface area contributed by atoms with E-state index in [-0.39, 0.29) is 5.91 Å². The van der Waals surface area contributed by atoms with E-state index < -0.39 is 0 Å². The van der Waals surface area contributed by atoms with Crippen LogP contribution in [0.3, 0.4) is 0 Å². The Hall–Kier alpha value is -2.79. The molecular weight excluding hydrogens is 320 g/mol. The van der Waals surface area contributed by atoms with Gasteiger partial charge in [0.1, 0.15) is 11.3 Å². The first-order chi connectivity index (χ1) is 11.7. The highest BCUT2D eigenvalue weighted by molar-refractivity contribution is 8.06. The zero-order valence-corrected chi connectivity index (χ0v) is 13.8. The molecule has 2 aliphatic heterocycles. The summed E-state index contributed by atoms with van der Waals surface area (Å²) in [5.74, 6) is 0.589. The molecule has 24 heavy (non-hydrogen) atoms. The molecule has 0 fully saturated rings. The molecule has 5 heteroatoms. The van der Waals surface area contributed by atoms with Gasteiger partial charge in [0.05, 0.1) is 11.4 Å². The number of benzene rings is 2. The van der Waals surface area contributed by atoms with Gasteiger partial charge in [-0.05, 0) is 19.1 Å². The van der Waals surface area contributed by atoms with Crippen molar-refractivity contribution in [1.82, 2.24) is 0 Å². The molecule has 0 unspecified atom stereocenters. The van der Waals surface area contributed by atoms with E-state index in [4.69, 9.17) is 4.74 Å². The van der Waals surface area contributed by atoms with E-state index in [0.29, 0.717) is 16.4 Å². The summed E-state index contributed by atoms with van der Waals surface area (Å²) in [5, 5.41) is 8.31. The molecule has 0 saturated carbocycles. The third-order valence-corrected chi connectivity index (χ3v) is 4.59. The van der Waals surface area contributed by atoms with Gasteiger partial charge in [0.15, 0.2) is 5.09 Å². The van der Waals surface area contributed by atoms with Crippen molar-refractivity contribution in [3.63, 3.8) is 0 Å². The molecule has 0 aliphatic carbocycles. The van der Waals surface area contributed by atoms with Crippen LogP contribution in [0.5, 0.6) is 0 Å². The minimum Gasteiger partial charge on any atom is -0.448 e. The molecule has 0 N–H and O–H groups in total. The SMILES string of the molecule is CC1=NN(c2ccccc2)C(=O)/C1=C1/OC(c2ccccc2)=CS1. The van der Waals surface area contributed by atoms with Gasteiger partial charge in [0.25, 0.3) is 5.91 Å². The lowest BCUT2D eigenvalue weighted by Crippen LogP contribution is -2.22. The Kier molecular flexibility index (Phi) is 3.70. The largest absolute Gasteiger partial charge is 0.448 e. The monoisotopic (exact) mass is 334 g/mol. The van der Waals surface area contributed by atoms with Gasteiger partial charge in [-0.25, -0.2) is 0 Å². The van der Waals surface area contributed by atoms with E-state index >= 15 is 0 Å². The standard InChI is InChI=1S/C19H14N2O2S/c1-13-17(18(22)21(20-13)15-10-6-3-7-11-15)19-23-16(12-24-19)14-8-4-2-5-9-14/h2-12H,1H3/b19-17-. The van der Waals surface area contributed by atoms with Crippen molar-refractivity contribution in [3.8, 4) is 0 Å². The van der Waals surface area contributed by atoms with E-state index in [0.717, 1.165) is 17.0 Å². The van der Waals surface area contributed by atoms with E-state index in [1.165, 1.54) is 16.8 Å². The van der Waals surface area contributed by atoms with Crippen LogP contribution in [0, 0.1) is 0 Å². The predicted octanol–water partition coefficient (Wildman–Crippen LogP) is 4.38. The van der Waals surface area contributed by atoms with Crippen LogP contribution in [0.1, 0.15) is 12.5 Å². The maximum absolute atomic E-state index is 12.8. The molecule has 2 aromatic carbocycles. The molecule has 118 valence electrons. The summed E-state index contributed by atoms with van der Waals surface area (Å²) in [6, 6.07) is 19.2. The Bertz CT molecular complexity index is 886. The van der Waals surface area contributed by atoms with Crippen molar-refractivity contribution in [2.45, 2.75) is 6.92 Å².